The van der Waals surface area contributed by atoms with Crippen LogP contribution in [0.5, 0.6) is 5.75 Å². The molecule has 1 aromatic carbocycles. The first-order valence-electron chi connectivity index (χ1n) is 7.76. The van der Waals surface area contributed by atoms with Gasteiger partial charge in [-0.2, -0.15) is 0 Å². The Morgan fingerprint density at radius 1 is 1.42 bits per heavy atom. The highest BCUT2D eigenvalue weighted by Gasteiger charge is 2.17. The molecule has 5 nitrogen and oxygen atoms in total. The zero-order valence-corrected chi connectivity index (χ0v) is 14.9. The van der Waals surface area contributed by atoms with Gasteiger partial charge in [-0.15, -0.1) is 0 Å². The predicted octanol–water partition coefficient (Wildman–Crippen LogP) is 3.69. The van der Waals surface area contributed by atoms with Crippen molar-refractivity contribution >= 4 is 17.6 Å². The Morgan fingerprint density at radius 2 is 2.21 bits per heavy atom. The van der Waals surface area contributed by atoms with Crippen molar-refractivity contribution in [2.24, 2.45) is 0 Å². The number of nitrogens with one attached hydrogen (secondary N) is 1. The summed E-state index contributed by atoms with van der Waals surface area (Å²) in [5.41, 5.74) is 1.97. The van der Waals surface area contributed by atoms with Gasteiger partial charge in [0.15, 0.2) is 0 Å². The van der Waals surface area contributed by atoms with Crippen LogP contribution >= 0.6 is 11.6 Å². The minimum Gasteiger partial charge on any atom is -0.497 e. The van der Waals surface area contributed by atoms with E-state index in [1.54, 1.807) is 37.5 Å². The van der Waals surface area contributed by atoms with Gasteiger partial charge in [0.05, 0.1) is 13.2 Å². The maximum absolute atomic E-state index is 12.3. The molecule has 0 aliphatic rings. The van der Waals surface area contributed by atoms with Crippen molar-refractivity contribution in [3.8, 4) is 5.75 Å². The number of hydrogen-bond acceptors (Lipinski definition) is 3. The molecule has 128 valence electrons. The van der Waals surface area contributed by atoms with Crippen molar-refractivity contribution in [3.63, 3.8) is 0 Å². The summed E-state index contributed by atoms with van der Waals surface area (Å²) in [6.07, 6.45) is 4.14. The number of nitrogens with zero attached hydrogens (tertiary/aromatic N) is 2. The van der Waals surface area contributed by atoms with Crippen molar-refractivity contribution in [1.82, 2.24) is 15.2 Å². The fourth-order valence-corrected chi connectivity index (χ4v) is 2.57. The van der Waals surface area contributed by atoms with E-state index in [1.165, 1.54) is 0 Å². The number of halogens is 1. The normalized spacial score (nSPS) is 11.7. The van der Waals surface area contributed by atoms with Gasteiger partial charge in [-0.3, -0.25) is 4.98 Å². The number of benzene rings is 1. The molecule has 0 spiro atoms. The summed E-state index contributed by atoms with van der Waals surface area (Å²) in [5, 5.41) is 3.55. The average Bonchev–Trinajstić information content (AvgIpc) is 2.62. The lowest BCUT2D eigenvalue weighted by molar-refractivity contribution is 0.194. The summed E-state index contributed by atoms with van der Waals surface area (Å²) in [5.74, 6) is 0.720. The smallest absolute Gasteiger partial charge is 0.317 e. The third-order valence-electron chi connectivity index (χ3n) is 4.00. The Labute approximate surface area is 147 Å². The predicted molar refractivity (Wildman–Crippen MR) is 95.5 cm³/mol. The monoisotopic (exact) mass is 347 g/mol. The largest absolute Gasteiger partial charge is 0.497 e. The quantitative estimate of drug-likeness (QED) is 0.867. The number of hydrogen-bond donors (Lipinski definition) is 1. The maximum Gasteiger partial charge on any atom is 0.317 e. The molecule has 0 saturated carbocycles. The van der Waals surface area contributed by atoms with E-state index in [2.05, 4.69) is 10.3 Å². The van der Waals surface area contributed by atoms with E-state index in [4.69, 9.17) is 16.3 Å². The van der Waals surface area contributed by atoms with Gasteiger partial charge in [0.25, 0.3) is 0 Å². The minimum atomic E-state index is -0.129. The Balaban J connectivity index is 1.86. The van der Waals surface area contributed by atoms with Gasteiger partial charge in [-0.05, 0) is 42.7 Å². The molecule has 0 aliphatic carbocycles. The molecule has 6 heteroatoms. The number of amides is 2. The van der Waals surface area contributed by atoms with Gasteiger partial charge in [-0.1, -0.05) is 23.7 Å². The van der Waals surface area contributed by atoms with Gasteiger partial charge in [0, 0.05) is 31.0 Å². The maximum atomic E-state index is 12.3. The first-order chi connectivity index (χ1) is 11.5. The lowest BCUT2D eigenvalue weighted by atomic mass is 10.1. The van der Waals surface area contributed by atoms with Crippen LogP contribution < -0.4 is 10.1 Å². The van der Waals surface area contributed by atoms with Crippen LogP contribution in [0.15, 0.2) is 42.7 Å². The van der Waals surface area contributed by atoms with E-state index < -0.39 is 0 Å². The summed E-state index contributed by atoms with van der Waals surface area (Å²) in [6, 6.07) is 9.19. The van der Waals surface area contributed by atoms with Gasteiger partial charge in [0.2, 0.25) is 0 Å². The summed E-state index contributed by atoms with van der Waals surface area (Å²) in [6.45, 7) is 2.48. The Morgan fingerprint density at radius 3 is 2.83 bits per heavy atom. The van der Waals surface area contributed by atoms with Crippen LogP contribution in [-0.4, -0.2) is 36.6 Å². The van der Waals surface area contributed by atoms with Crippen molar-refractivity contribution in [3.05, 3.63) is 58.9 Å². The number of ether oxygens (including phenoxy) is 1. The van der Waals surface area contributed by atoms with Gasteiger partial charge in [0.1, 0.15) is 5.75 Å². The van der Waals surface area contributed by atoms with Gasteiger partial charge < -0.3 is 15.0 Å². The Bertz CT molecular complexity index is 679. The number of aromatic nitrogens is 1. The van der Waals surface area contributed by atoms with Crippen molar-refractivity contribution < 1.29 is 9.53 Å². The number of methoxy groups -OCH3 is 1. The van der Waals surface area contributed by atoms with Crippen LogP contribution in [0.25, 0.3) is 0 Å². The molecule has 0 bridgehead atoms. The molecule has 2 rings (SSSR count). The van der Waals surface area contributed by atoms with E-state index in [-0.39, 0.29) is 12.1 Å². The topological polar surface area (TPSA) is 54.5 Å². The van der Waals surface area contributed by atoms with E-state index in [0.717, 1.165) is 16.9 Å². The zero-order valence-electron chi connectivity index (χ0n) is 14.1. The van der Waals surface area contributed by atoms with Crippen molar-refractivity contribution in [2.75, 3.05) is 20.7 Å². The second-order valence-electron chi connectivity index (χ2n) is 5.51. The molecular weight excluding hydrogens is 326 g/mol. The van der Waals surface area contributed by atoms with E-state index in [9.17, 15) is 4.79 Å². The third kappa shape index (κ3) is 4.61. The number of urea groups is 1. The van der Waals surface area contributed by atoms with Crippen LogP contribution in [-0.2, 0) is 6.42 Å². The molecule has 2 amide bonds. The molecule has 1 heterocycles. The lowest BCUT2D eigenvalue weighted by Gasteiger charge is -2.25. The molecule has 0 saturated heterocycles. The summed E-state index contributed by atoms with van der Waals surface area (Å²) in [7, 11) is 3.37. The Kier molecular flexibility index (Phi) is 6.44. The highest BCUT2D eigenvalue weighted by Crippen LogP contribution is 2.22. The second-order valence-corrected chi connectivity index (χ2v) is 5.92. The zero-order chi connectivity index (χ0) is 17.5. The first-order valence-corrected chi connectivity index (χ1v) is 8.13. The van der Waals surface area contributed by atoms with Crippen LogP contribution in [0.3, 0.4) is 0 Å². The van der Waals surface area contributed by atoms with E-state index >= 15 is 0 Å². The van der Waals surface area contributed by atoms with Crippen molar-refractivity contribution in [2.45, 2.75) is 19.4 Å². The number of carbonyl (C=O) groups is 1. The van der Waals surface area contributed by atoms with Crippen LogP contribution in [0.2, 0.25) is 5.02 Å². The summed E-state index contributed by atoms with van der Waals surface area (Å²) in [4.78, 5) is 18.0. The van der Waals surface area contributed by atoms with E-state index in [1.807, 2.05) is 31.2 Å². The van der Waals surface area contributed by atoms with Crippen LogP contribution in [0, 0.1) is 0 Å². The average molecular weight is 348 g/mol. The second kappa shape index (κ2) is 8.55. The Hall–Kier alpha value is -2.27. The fraction of sp³-hybridized carbons (Fsp3) is 0.333. The number of pyridine rings is 1. The minimum absolute atomic E-state index is 0.0525. The molecule has 0 aliphatic heterocycles. The van der Waals surface area contributed by atoms with Crippen LogP contribution in [0.4, 0.5) is 4.79 Å². The SMILES string of the molecule is COc1ccc(CCNC(=O)N(C)[C@H](C)c2cccnc2)c(Cl)c1. The van der Waals surface area contributed by atoms with Crippen molar-refractivity contribution in [1.29, 1.82) is 0 Å². The first kappa shape index (κ1) is 18.1. The molecule has 0 unspecified atom stereocenters. The molecule has 0 fully saturated rings. The standard InChI is InChI=1S/C18H22ClN3O2/c1-13(15-5-4-9-20-12-15)22(2)18(23)21-10-8-14-6-7-16(24-3)11-17(14)19/h4-7,9,11-13H,8,10H2,1-3H3,(H,21,23)/t13-/m1/s1. The molecule has 0 radical (unpaired) electrons. The van der Waals surface area contributed by atoms with Gasteiger partial charge in [-0.25, -0.2) is 4.79 Å². The molecule has 1 N–H and O–H groups in total. The summed E-state index contributed by atoms with van der Waals surface area (Å²) >= 11 is 6.21. The molecular formula is C18H22ClN3O2. The molecule has 24 heavy (non-hydrogen) atoms. The third-order valence-corrected chi connectivity index (χ3v) is 4.35. The van der Waals surface area contributed by atoms with E-state index in [0.29, 0.717) is 18.0 Å². The molecule has 1 atom stereocenters. The van der Waals surface area contributed by atoms with Gasteiger partial charge >= 0.3 is 6.03 Å². The lowest BCUT2D eigenvalue weighted by Crippen LogP contribution is -2.39. The highest BCUT2D eigenvalue weighted by molar-refractivity contribution is 6.31. The van der Waals surface area contributed by atoms with Crippen LogP contribution in [0.1, 0.15) is 24.1 Å². The number of carbonyl (C=O) groups excluding carboxylic acids is 1. The molecule has 1 aromatic heterocycles. The fourth-order valence-electron chi connectivity index (χ4n) is 2.31. The molecule has 2 aromatic rings. The highest BCUT2D eigenvalue weighted by atomic mass is 35.5. The number of rotatable bonds is 6. The summed E-state index contributed by atoms with van der Waals surface area (Å²) < 4.78 is 5.13.